The normalized spacial score (nSPS) is 21.0. The van der Waals surface area contributed by atoms with Gasteiger partial charge in [0.25, 0.3) is 5.69 Å². The monoisotopic (exact) mass is 301 g/mol. The molecule has 0 N–H and O–H groups in total. The molecule has 22 heavy (non-hydrogen) atoms. The van der Waals surface area contributed by atoms with Crippen molar-refractivity contribution in [1.82, 2.24) is 0 Å². The van der Waals surface area contributed by atoms with Crippen LogP contribution in [-0.4, -0.2) is 17.5 Å². The minimum atomic E-state index is -0.457. The quantitative estimate of drug-likeness (QED) is 0.273. The van der Waals surface area contributed by atoms with Crippen LogP contribution >= 0.6 is 0 Å². The van der Waals surface area contributed by atoms with E-state index < -0.39 is 4.92 Å². The highest BCUT2D eigenvalue weighted by molar-refractivity contribution is 5.87. The Morgan fingerprint density at radius 3 is 2.64 bits per heavy atom. The standard InChI is InChI=1S/C17H19NO4/c1-13-4-2-3-5-15(13)12-22-17(19)11-8-14-6-9-16(10-7-14)18(20)21/h2-3,6-11,13,15H,4-5,12H2,1H3. The third-order valence-electron chi connectivity index (χ3n) is 3.87. The molecule has 1 aliphatic rings. The number of hydrogen-bond acceptors (Lipinski definition) is 4. The number of nitro benzene ring substituents is 1. The third-order valence-corrected chi connectivity index (χ3v) is 3.87. The van der Waals surface area contributed by atoms with Crippen LogP contribution in [0.1, 0.15) is 25.3 Å². The van der Waals surface area contributed by atoms with E-state index in [0.717, 1.165) is 18.4 Å². The molecule has 1 aromatic rings. The third kappa shape index (κ3) is 4.55. The Morgan fingerprint density at radius 2 is 2.00 bits per heavy atom. The smallest absolute Gasteiger partial charge is 0.330 e. The molecular weight excluding hydrogens is 282 g/mol. The van der Waals surface area contributed by atoms with E-state index in [1.54, 1.807) is 18.2 Å². The Hall–Kier alpha value is -2.43. The molecule has 2 rings (SSSR count). The molecule has 2 unspecified atom stereocenters. The fourth-order valence-corrected chi connectivity index (χ4v) is 2.35. The number of benzene rings is 1. The first-order valence-electron chi connectivity index (χ1n) is 7.30. The number of hydrogen-bond donors (Lipinski definition) is 0. The van der Waals surface area contributed by atoms with Gasteiger partial charge >= 0.3 is 5.97 Å². The Bertz CT molecular complexity index is 589. The summed E-state index contributed by atoms with van der Waals surface area (Å²) in [6, 6.07) is 5.99. The lowest BCUT2D eigenvalue weighted by molar-refractivity contribution is -0.384. The first-order chi connectivity index (χ1) is 10.6. The molecule has 0 fully saturated rings. The summed E-state index contributed by atoms with van der Waals surface area (Å²) in [4.78, 5) is 21.8. The molecule has 0 radical (unpaired) electrons. The molecule has 2 atom stereocenters. The van der Waals surface area contributed by atoms with Crippen molar-refractivity contribution in [2.45, 2.75) is 19.8 Å². The van der Waals surface area contributed by atoms with Gasteiger partial charge in [0.2, 0.25) is 0 Å². The van der Waals surface area contributed by atoms with Crippen LogP contribution in [0.3, 0.4) is 0 Å². The number of carbonyl (C=O) groups excluding carboxylic acids is 1. The zero-order valence-electron chi connectivity index (χ0n) is 12.5. The van der Waals surface area contributed by atoms with E-state index in [9.17, 15) is 14.9 Å². The summed E-state index contributed by atoms with van der Waals surface area (Å²) in [6.07, 6.45) is 9.21. The zero-order chi connectivity index (χ0) is 15.9. The van der Waals surface area contributed by atoms with E-state index in [0.29, 0.717) is 18.4 Å². The van der Waals surface area contributed by atoms with Gasteiger partial charge in [0.05, 0.1) is 11.5 Å². The maximum Gasteiger partial charge on any atom is 0.330 e. The molecule has 0 bridgehead atoms. The van der Waals surface area contributed by atoms with Crippen molar-refractivity contribution >= 4 is 17.7 Å². The molecule has 0 saturated heterocycles. The van der Waals surface area contributed by atoms with E-state index in [1.165, 1.54) is 18.2 Å². The van der Waals surface area contributed by atoms with Crippen LogP contribution in [0.2, 0.25) is 0 Å². The van der Waals surface area contributed by atoms with E-state index in [1.807, 2.05) is 0 Å². The second-order valence-corrected chi connectivity index (χ2v) is 5.49. The van der Waals surface area contributed by atoms with Crippen LogP contribution in [0.4, 0.5) is 5.69 Å². The summed E-state index contributed by atoms with van der Waals surface area (Å²) in [6.45, 7) is 2.59. The average molecular weight is 301 g/mol. The second kappa shape index (κ2) is 7.54. The lowest BCUT2D eigenvalue weighted by atomic mass is 9.85. The molecule has 0 aromatic heterocycles. The summed E-state index contributed by atoms with van der Waals surface area (Å²) < 4.78 is 5.27. The van der Waals surface area contributed by atoms with Gasteiger partial charge in [-0.2, -0.15) is 0 Å². The van der Waals surface area contributed by atoms with Gasteiger partial charge in [0.1, 0.15) is 0 Å². The first kappa shape index (κ1) is 15.9. The van der Waals surface area contributed by atoms with Crippen molar-refractivity contribution in [2.75, 3.05) is 6.61 Å². The minimum absolute atomic E-state index is 0.0269. The summed E-state index contributed by atoms with van der Waals surface area (Å²) in [5.74, 6) is 0.512. The van der Waals surface area contributed by atoms with Gasteiger partial charge in [-0.3, -0.25) is 10.1 Å². The van der Waals surface area contributed by atoms with Crippen molar-refractivity contribution in [3.8, 4) is 0 Å². The number of nitro groups is 1. The number of allylic oxidation sites excluding steroid dienone is 2. The Labute approximate surface area is 129 Å². The number of nitrogens with zero attached hydrogens (tertiary/aromatic N) is 1. The number of non-ortho nitro benzene ring substituents is 1. The molecule has 1 aromatic carbocycles. The topological polar surface area (TPSA) is 69.4 Å². The SMILES string of the molecule is CC1CC=CCC1COC(=O)C=Cc1ccc([N+](=O)[O-])cc1. The largest absolute Gasteiger partial charge is 0.462 e. The molecule has 0 spiro atoms. The minimum Gasteiger partial charge on any atom is -0.462 e. The average Bonchev–Trinajstić information content (AvgIpc) is 2.52. The van der Waals surface area contributed by atoms with Crippen LogP contribution < -0.4 is 0 Å². The lowest BCUT2D eigenvalue weighted by Gasteiger charge is -2.24. The van der Waals surface area contributed by atoms with Gasteiger partial charge in [-0.15, -0.1) is 0 Å². The van der Waals surface area contributed by atoms with E-state index in [-0.39, 0.29) is 11.7 Å². The van der Waals surface area contributed by atoms with Crippen LogP contribution in [0.25, 0.3) is 6.08 Å². The van der Waals surface area contributed by atoms with Gasteiger partial charge in [0, 0.05) is 18.2 Å². The second-order valence-electron chi connectivity index (χ2n) is 5.49. The fraction of sp³-hybridized carbons (Fsp3) is 0.353. The van der Waals surface area contributed by atoms with E-state index in [2.05, 4.69) is 19.1 Å². The van der Waals surface area contributed by atoms with Gasteiger partial charge in [-0.25, -0.2) is 4.79 Å². The number of esters is 1. The summed E-state index contributed by atoms with van der Waals surface area (Å²) >= 11 is 0. The van der Waals surface area contributed by atoms with Crippen LogP contribution in [0.15, 0.2) is 42.5 Å². The molecular formula is C17H19NO4. The maximum absolute atomic E-state index is 11.7. The number of ether oxygens (including phenoxy) is 1. The van der Waals surface area contributed by atoms with Gasteiger partial charge in [0.15, 0.2) is 0 Å². The summed E-state index contributed by atoms with van der Waals surface area (Å²) in [5.41, 5.74) is 0.746. The molecule has 116 valence electrons. The summed E-state index contributed by atoms with van der Waals surface area (Å²) in [5, 5.41) is 10.5. The van der Waals surface area contributed by atoms with Gasteiger partial charge < -0.3 is 4.74 Å². The van der Waals surface area contributed by atoms with E-state index in [4.69, 9.17) is 4.74 Å². The highest BCUT2D eigenvalue weighted by Crippen LogP contribution is 2.25. The lowest BCUT2D eigenvalue weighted by Crippen LogP contribution is -2.21. The highest BCUT2D eigenvalue weighted by Gasteiger charge is 2.19. The van der Waals surface area contributed by atoms with E-state index >= 15 is 0 Å². The number of carbonyl (C=O) groups is 1. The molecule has 0 heterocycles. The highest BCUT2D eigenvalue weighted by atomic mass is 16.6. The van der Waals surface area contributed by atoms with Crippen LogP contribution in [-0.2, 0) is 9.53 Å². The predicted octanol–water partition coefficient (Wildman–Crippen LogP) is 3.75. The predicted molar refractivity (Wildman–Crippen MR) is 84.1 cm³/mol. The zero-order valence-corrected chi connectivity index (χ0v) is 12.5. The molecule has 0 amide bonds. The molecule has 0 aliphatic heterocycles. The van der Waals surface area contributed by atoms with Gasteiger partial charge in [-0.05, 0) is 48.4 Å². The molecule has 0 saturated carbocycles. The maximum atomic E-state index is 11.7. The van der Waals surface area contributed by atoms with Gasteiger partial charge in [-0.1, -0.05) is 19.1 Å². The van der Waals surface area contributed by atoms with Crippen molar-refractivity contribution in [3.05, 3.63) is 58.2 Å². The van der Waals surface area contributed by atoms with Crippen LogP contribution in [0.5, 0.6) is 0 Å². The Morgan fingerprint density at radius 1 is 1.32 bits per heavy atom. The Balaban J connectivity index is 1.83. The fourth-order valence-electron chi connectivity index (χ4n) is 2.35. The molecule has 5 heteroatoms. The van der Waals surface area contributed by atoms with Crippen molar-refractivity contribution in [2.24, 2.45) is 11.8 Å². The molecule has 5 nitrogen and oxygen atoms in total. The number of rotatable bonds is 5. The summed E-state index contributed by atoms with van der Waals surface area (Å²) in [7, 11) is 0. The van der Waals surface area contributed by atoms with Crippen molar-refractivity contribution in [1.29, 1.82) is 0 Å². The van der Waals surface area contributed by atoms with Crippen LogP contribution in [0, 0.1) is 22.0 Å². The Kier molecular flexibility index (Phi) is 5.47. The van der Waals surface area contributed by atoms with Crippen molar-refractivity contribution in [3.63, 3.8) is 0 Å². The first-order valence-corrected chi connectivity index (χ1v) is 7.30. The molecule has 1 aliphatic carbocycles. The van der Waals surface area contributed by atoms with Crippen molar-refractivity contribution < 1.29 is 14.5 Å².